The topological polar surface area (TPSA) is 60.4 Å². The molecule has 4 nitrogen and oxygen atoms in total. The van der Waals surface area contributed by atoms with E-state index >= 15 is 0 Å². The summed E-state index contributed by atoms with van der Waals surface area (Å²) in [6.45, 7) is 3.71. The van der Waals surface area contributed by atoms with E-state index in [0.29, 0.717) is 18.4 Å². The van der Waals surface area contributed by atoms with Crippen molar-refractivity contribution < 1.29 is 17.9 Å². The van der Waals surface area contributed by atoms with E-state index in [2.05, 4.69) is 11.3 Å². The third kappa shape index (κ3) is 3.34. The Morgan fingerprint density at radius 3 is 2.67 bits per heavy atom. The number of sulfone groups is 1. The summed E-state index contributed by atoms with van der Waals surface area (Å²) >= 11 is 0. The minimum Gasteiger partial charge on any atom is -0.469 e. The Kier molecular flexibility index (Phi) is 3.90. The van der Waals surface area contributed by atoms with Crippen LogP contribution in [0.25, 0.3) is 0 Å². The molecule has 0 aromatic carbocycles. The lowest BCUT2D eigenvalue weighted by atomic mass is 10.1. The van der Waals surface area contributed by atoms with Crippen molar-refractivity contribution in [2.24, 2.45) is 0 Å². The monoisotopic (exact) mass is 232 g/mol. The third-order valence-electron chi connectivity index (χ3n) is 2.60. The van der Waals surface area contributed by atoms with Crippen LogP contribution in [-0.2, 0) is 19.4 Å². The van der Waals surface area contributed by atoms with Crippen LogP contribution in [0.15, 0.2) is 12.2 Å². The fourth-order valence-corrected chi connectivity index (χ4v) is 3.68. The largest absolute Gasteiger partial charge is 0.469 e. The second kappa shape index (κ2) is 4.79. The molecule has 1 saturated heterocycles. The van der Waals surface area contributed by atoms with Crippen molar-refractivity contribution in [3.63, 3.8) is 0 Å². The number of methoxy groups -OCH3 is 1. The van der Waals surface area contributed by atoms with Gasteiger partial charge in [0.25, 0.3) is 0 Å². The zero-order valence-electron chi connectivity index (χ0n) is 8.86. The highest BCUT2D eigenvalue weighted by Crippen LogP contribution is 2.26. The van der Waals surface area contributed by atoms with Gasteiger partial charge in [0, 0.05) is 0 Å². The molecule has 0 spiro atoms. The molecule has 1 rings (SSSR count). The Morgan fingerprint density at radius 2 is 2.20 bits per heavy atom. The number of hydrogen-bond donors (Lipinski definition) is 0. The van der Waals surface area contributed by atoms with E-state index in [9.17, 15) is 13.2 Å². The molecule has 0 aliphatic carbocycles. The van der Waals surface area contributed by atoms with Gasteiger partial charge < -0.3 is 4.74 Å². The second-order valence-corrected chi connectivity index (χ2v) is 6.24. The van der Waals surface area contributed by atoms with Gasteiger partial charge in [-0.3, -0.25) is 4.79 Å². The normalized spacial score (nSPS) is 23.7. The predicted octanol–water partition coefficient (Wildman–Crippen LogP) is 1.07. The van der Waals surface area contributed by atoms with E-state index in [1.54, 1.807) is 0 Å². The van der Waals surface area contributed by atoms with Crippen molar-refractivity contribution in [2.75, 3.05) is 12.9 Å². The second-order valence-electron chi connectivity index (χ2n) is 3.84. The van der Waals surface area contributed by atoms with Crippen LogP contribution in [0.5, 0.6) is 0 Å². The average molecular weight is 232 g/mol. The molecule has 0 radical (unpaired) electrons. The minimum atomic E-state index is -2.94. The zero-order valence-corrected chi connectivity index (χ0v) is 9.68. The molecule has 1 fully saturated rings. The summed E-state index contributed by atoms with van der Waals surface area (Å²) in [5.74, 6) is -0.0983. The Bertz CT molecular complexity index is 356. The van der Waals surface area contributed by atoms with E-state index in [1.807, 2.05) is 0 Å². The summed E-state index contributed by atoms with van der Waals surface area (Å²) in [6, 6.07) is 0. The van der Waals surface area contributed by atoms with Crippen molar-refractivity contribution in [1.29, 1.82) is 0 Å². The van der Waals surface area contributed by atoms with Crippen LogP contribution in [-0.4, -0.2) is 32.5 Å². The van der Waals surface area contributed by atoms with E-state index in [1.165, 1.54) is 7.11 Å². The predicted molar refractivity (Wildman–Crippen MR) is 57.2 cm³/mol. The lowest BCUT2D eigenvalue weighted by Crippen LogP contribution is -2.17. The number of esters is 1. The van der Waals surface area contributed by atoms with E-state index < -0.39 is 9.84 Å². The summed E-state index contributed by atoms with van der Waals surface area (Å²) in [7, 11) is -1.63. The Labute approximate surface area is 90.2 Å². The van der Waals surface area contributed by atoms with Gasteiger partial charge >= 0.3 is 5.97 Å². The molecule has 0 aromatic heterocycles. The van der Waals surface area contributed by atoms with Gasteiger partial charge in [0.2, 0.25) is 0 Å². The molecule has 0 bridgehead atoms. The molecule has 1 aliphatic rings. The van der Waals surface area contributed by atoms with Gasteiger partial charge in [-0.25, -0.2) is 8.42 Å². The van der Waals surface area contributed by atoms with Crippen LogP contribution in [0.4, 0.5) is 0 Å². The SMILES string of the molecule is C=C(CC(=O)OC)CC1CCCS1(=O)=O. The molecule has 1 heterocycles. The highest BCUT2D eigenvalue weighted by molar-refractivity contribution is 7.92. The molecule has 0 aromatic rings. The maximum atomic E-state index is 11.5. The lowest BCUT2D eigenvalue weighted by Gasteiger charge is -2.10. The summed E-state index contributed by atoms with van der Waals surface area (Å²) in [6.07, 6.45) is 1.90. The van der Waals surface area contributed by atoms with Crippen molar-refractivity contribution >= 4 is 15.8 Å². The smallest absolute Gasteiger partial charge is 0.309 e. The van der Waals surface area contributed by atoms with Gasteiger partial charge in [-0.2, -0.15) is 0 Å². The number of carbonyl (C=O) groups is 1. The minimum absolute atomic E-state index is 0.114. The molecule has 0 N–H and O–H groups in total. The Morgan fingerprint density at radius 1 is 1.53 bits per heavy atom. The van der Waals surface area contributed by atoms with Crippen molar-refractivity contribution in [3.8, 4) is 0 Å². The maximum Gasteiger partial charge on any atom is 0.309 e. The number of ether oxygens (including phenoxy) is 1. The molecule has 86 valence electrons. The summed E-state index contributed by atoms with van der Waals surface area (Å²) in [5, 5.41) is -0.338. The van der Waals surface area contributed by atoms with Crippen LogP contribution in [0.1, 0.15) is 25.7 Å². The molecule has 1 atom stereocenters. The van der Waals surface area contributed by atoms with Crippen LogP contribution in [0, 0.1) is 0 Å². The maximum absolute atomic E-state index is 11.5. The van der Waals surface area contributed by atoms with Crippen LogP contribution in [0.2, 0.25) is 0 Å². The van der Waals surface area contributed by atoms with E-state index in [-0.39, 0.29) is 23.4 Å². The molecule has 1 aliphatic heterocycles. The Hall–Kier alpha value is -0.840. The first-order valence-corrected chi connectivity index (χ1v) is 6.62. The number of hydrogen-bond acceptors (Lipinski definition) is 4. The average Bonchev–Trinajstić information content (AvgIpc) is 2.45. The third-order valence-corrected chi connectivity index (χ3v) is 4.88. The fraction of sp³-hybridized carbons (Fsp3) is 0.700. The first-order valence-electron chi connectivity index (χ1n) is 4.90. The fourth-order valence-electron chi connectivity index (χ4n) is 1.76. The van der Waals surface area contributed by atoms with Crippen molar-refractivity contribution in [1.82, 2.24) is 0 Å². The Balaban J connectivity index is 2.49. The highest BCUT2D eigenvalue weighted by atomic mass is 32.2. The number of carbonyl (C=O) groups excluding carboxylic acids is 1. The molecule has 1 unspecified atom stereocenters. The van der Waals surface area contributed by atoms with Crippen molar-refractivity contribution in [3.05, 3.63) is 12.2 Å². The summed E-state index contributed by atoms with van der Waals surface area (Å²) in [5.41, 5.74) is 0.636. The van der Waals surface area contributed by atoms with Gasteiger partial charge in [-0.05, 0) is 19.3 Å². The van der Waals surface area contributed by atoms with Gasteiger partial charge in [0.15, 0.2) is 9.84 Å². The standard InChI is InChI=1S/C10H16O4S/c1-8(7-10(11)14-2)6-9-4-3-5-15(9,12)13/h9H,1,3-7H2,2H3. The van der Waals surface area contributed by atoms with E-state index in [4.69, 9.17) is 0 Å². The summed E-state index contributed by atoms with van der Waals surface area (Å²) in [4.78, 5) is 10.9. The quantitative estimate of drug-likeness (QED) is 0.537. The van der Waals surface area contributed by atoms with Crippen molar-refractivity contribution in [2.45, 2.75) is 30.9 Å². The van der Waals surface area contributed by atoms with Gasteiger partial charge in [-0.15, -0.1) is 0 Å². The lowest BCUT2D eigenvalue weighted by molar-refractivity contribution is -0.139. The van der Waals surface area contributed by atoms with Crippen LogP contribution >= 0.6 is 0 Å². The van der Waals surface area contributed by atoms with Crippen LogP contribution < -0.4 is 0 Å². The molecule has 5 heteroatoms. The molecular weight excluding hydrogens is 216 g/mol. The molecule has 0 saturated carbocycles. The first kappa shape index (κ1) is 12.2. The van der Waals surface area contributed by atoms with E-state index in [0.717, 1.165) is 6.42 Å². The number of rotatable bonds is 4. The van der Waals surface area contributed by atoms with Gasteiger partial charge in [0.05, 0.1) is 24.5 Å². The zero-order chi connectivity index (χ0) is 11.5. The molecule has 0 amide bonds. The molecule has 15 heavy (non-hydrogen) atoms. The first-order chi connectivity index (χ1) is 6.95. The summed E-state index contributed by atoms with van der Waals surface area (Å²) < 4.78 is 27.5. The van der Waals surface area contributed by atoms with Gasteiger partial charge in [0.1, 0.15) is 0 Å². The van der Waals surface area contributed by atoms with Crippen LogP contribution in [0.3, 0.4) is 0 Å². The molecular formula is C10H16O4S. The highest BCUT2D eigenvalue weighted by Gasteiger charge is 2.31. The van der Waals surface area contributed by atoms with Gasteiger partial charge in [-0.1, -0.05) is 12.2 Å².